The zero-order valence-corrected chi connectivity index (χ0v) is 7.28. The molecule has 0 aromatic rings. The molecule has 0 spiro atoms. The zero-order valence-electron chi connectivity index (χ0n) is 6.46. The summed E-state index contributed by atoms with van der Waals surface area (Å²) in [5.41, 5.74) is 1.08. The summed E-state index contributed by atoms with van der Waals surface area (Å²) in [6.45, 7) is 2.67. The minimum absolute atomic E-state index is 0.106. The first-order valence-corrected chi connectivity index (χ1v) is 4.53. The van der Waals surface area contributed by atoms with E-state index in [0.717, 1.165) is 11.5 Å². The molecular formula is C7H14O2S. The molecule has 0 atom stereocenters. The third-order valence-corrected chi connectivity index (χ3v) is 1.37. The van der Waals surface area contributed by atoms with Gasteiger partial charge < -0.3 is 9.84 Å². The van der Waals surface area contributed by atoms with Gasteiger partial charge in [-0.15, -0.1) is 11.8 Å². The fourth-order valence-electron chi connectivity index (χ4n) is 0.501. The van der Waals surface area contributed by atoms with E-state index in [0.29, 0.717) is 6.61 Å². The molecule has 0 bridgehead atoms. The Labute approximate surface area is 66.3 Å². The van der Waals surface area contributed by atoms with Crippen molar-refractivity contribution in [3.05, 3.63) is 11.6 Å². The minimum atomic E-state index is 0.106. The van der Waals surface area contributed by atoms with E-state index in [4.69, 9.17) is 9.84 Å². The molecule has 0 aromatic carbocycles. The molecule has 60 valence electrons. The molecule has 0 rings (SSSR count). The molecule has 0 saturated heterocycles. The van der Waals surface area contributed by atoms with E-state index in [1.807, 2.05) is 13.2 Å². The van der Waals surface area contributed by atoms with E-state index in [-0.39, 0.29) is 6.61 Å². The Morgan fingerprint density at radius 1 is 1.70 bits per heavy atom. The summed E-state index contributed by atoms with van der Waals surface area (Å²) >= 11 is 1.65. The van der Waals surface area contributed by atoms with Gasteiger partial charge in [-0.1, -0.05) is 6.08 Å². The van der Waals surface area contributed by atoms with Gasteiger partial charge in [0.15, 0.2) is 0 Å². The van der Waals surface area contributed by atoms with Gasteiger partial charge in [0.2, 0.25) is 0 Å². The molecule has 0 saturated carbocycles. The molecule has 0 heterocycles. The molecule has 1 N–H and O–H groups in total. The lowest BCUT2D eigenvalue weighted by Crippen LogP contribution is -1.95. The van der Waals surface area contributed by atoms with Gasteiger partial charge in [-0.2, -0.15) is 0 Å². The molecule has 3 heteroatoms. The second kappa shape index (κ2) is 7.12. The van der Waals surface area contributed by atoms with Crippen LogP contribution in [0.25, 0.3) is 0 Å². The van der Waals surface area contributed by atoms with Crippen LogP contribution < -0.4 is 0 Å². The van der Waals surface area contributed by atoms with Crippen molar-refractivity contribution < 1.29 is 9.84 Å². The van der Waals surface area contributed by atoms with E-state index >= 15 is 0 Å². The largest absolute Gasteiger partial charge is 0.392 e. The Hall–Kier alpha value is 0.01000. The quantitative estimate of drug-likeness (QED) is 0.375. The van der Waals surface area contributed by atoms with Crippen LogP contribution in [-0.2, 0) is 4.74 Å². The first-order valence-electron chi connectivity index (χ1n) is 3.14. The molecule has 0 aliphatic rings. The lowest BCUT2D eigenvalue weighted by molar-refractivity contribution is 0.208. The van der Waals surface area contributed by atoms with Crippen molar-refractivity contribution in [1.82, 2.24) is 0 Å². The van der Waals surface area contributed by atoms with Crippen LogP contribution in [0.3, 0.4) is 0 Å². The zero-order chi connectivity index (χ0) is 7.82. The Morgan fingerprint density at radius 2 is 2.40 bits per heavy atom. The van der Waals surface area contributed by atoms with Crippen LogP contribution in [0.2, 0.25) is 0 Å². The average Bonchev–Trinajstić information content (AvgIpc) is 1.89. The van der Waals surface area contributed by atoms with Crippen molar-refractivity contribution in [1.29, 1.82) is 0 Å². The van der Waals surface area contributed by atoms with Crippen molar-refractivity contribution in [3.8, 4) is 0 Å². The summed E-state index contributed by atoms with van der Waals surface area (Å²) in [7, 11) is 0. The number of ether oxygens (including phenoxy) is 1. The van der Waals surface area contributed by atoms with Crippen LogP contribution in [0, 0.1) is 0 Å². The highest BCUT2D eigenvalue weighted by atomic mass is 32.2. The van der Waals surface area contributed by atoms with Crippen molar-refractivity contribution in [2.24, 2.45) is 0 Å². The smallest absolute Gasteiger partial charge is 0.0922 e. The molecule has 0 aromatic heterocycles. The summed E-state index contributed by atoms with van der Waals surface area (Å²) in [6.07, 6.45) is 3.74. The standard InChI is InChI=1S/C7H14O2S/c1-7(3-4-8)5-9-6-10-2/h3,8H,4-6H2,1-2H3. The number of hydrogen-bond acceptors (Lipinski definition) is 3. The maximum absolute atomic E-state index is 8.46. The first-order chi connectivity index (χ1) is 4.81. The van der Waals surface area contributed by atoms with Crippen molar-refractivity contribution in [2.45, 2.75) is 6.92 Å². The molecular weight excluding hydrogens is 148 g/mol. The van der Waals surface area contributed by atoms with E-state index in [2.05, 4.69) is 0 Å². The molecule has 0 aliphatic carbocycles. The summed E-state index contributed by atoms with van der Waals surface area (Å²) < 4.78 is 5.18. The fourth-order valence-corrected chi connectivity index (χ4v) is 0.751. The van der Waals surface area contributed by atoms with Crippen LogP contribution in [0.15, 0.2) is 11.6 Å². The predicted octanol–water partition coefficient (Wildman–Crippen LogP) is 1.26. The highest BCUT2D eigenvalue weighted by Gasteiger charge is 1.87. The molecule has 0 amide bonds. The van der Waals surface area contributed by atoms with Gasteiger partial charge in [-0.3, -0.25) is 0 Å². The van der Waals surface area contributed by atoms with Crippen molar-refractivity contribution >= 4 is 11.8 Å². The highest BCUT2D eigenvalue weighted by molar-refractivity contribution is 7.98. The molecule has 0 aliphatic heterocycles. The summed E-state index contributed by atoms with van der Waals surface area (Å²) in [6, 6.07) is 0. The predicted molar refractivity (Wildman–Crippen MR) is 45.2 cm³/mol. The summed E-state index contributed by atoms with van der Waals surface area (Å²) in [5, 5.41) is 8.46. The normalized spacial score (nSPS) is 12.1. The van der Waals surface area contributed by atoms with E-state index < -0.39 is 0 Å². The van der Waals surface area contributed by atoms with Crippen LogP contribution in [0.4, 0.5) is 0 Å². The van der Waals surface area contributed by atoms with Crippen molar-refractivity contribution in [2.75, 3.05) is 25.4 Å². The van der Waals surface area contributed by atoms with Crippen LogP contribution in [0.5, 0.6) is 0 Å². The molecule has 10 heavy (non-hydrogen) atoms. The van der Waals surface area contributed by atoms with Crippen molar-refractivity contribution in [3.63, 3.8) is 0 Å². The highest BCUT2D eigenvalue weighted by Crippen LogP contribution is 1.97. The lowest BCUT2D eigenvalue weighted by Gasteiger charge is -2.00. The molecule has 0 fully saturated rings. The molecule has 0 unspecified atom stereocenters. The Balaban J connectivity index is 3.21. The van der Waals surface area contributed by atoms with Gasteiger partial charge in [0.25, 0.3) is 0 Å². The van der Waals surface area contributed by atoms with E-state index in [1.54, 1.807) is 17.8 Å². The third-order valence-electron chi connectivity index (χ3n) is 0.971. The Bertz CT molecular complexity index is 102. The minimum Gasteiger partial charge on any atom is -0.392 e. The Morgan fingerprint density at radius 3 is 2.90 bits per heavy atom. The monoisotopic (exact) mass is 162 g/mol. The maximum Gasteiger partial charge on any atom is 0.0922 e. The second-order valence-electron chi connectivity index (χ2n) is 1.99. The number of hydrogen-bond donors (Lipinski definition) is 1. The topological polar surface area (TPSA) is 29.5 Å². The number of rotatable bonds is 5. The number of aliphatic hydroxyl groups excluding tert-OH is 1. The Kier molecular flexibility index (Phi) is 7.13. The maximum atomic E-state index is 8.46. The van der Waals surface area contributed by atoms with E-state index in [9.17, 15) is 0 Å². The molecule has 2 nitrogen and oxygen atoms in total. The van der Waals surface area contributed by atoms with Gasteiger partial charge in [0.05, 0.1) is 19.2 Å². The summed E-state index contributed by atoms with van der Waals surface area (Å²) in [4.78, 5) is 0. The lowest BCUT2D eigenvalue weighted by atomic mass is 10.3. The summed E-state index contributed by atoms with van der Waals surface area (Å²) in [5.74, 6) is 0.719. The van der Waals surface area contributed by atoms with Gasteiger partial charge in [-0.05, 0) is 18.8 Å². The number of aliphatic hydroxyl groups is 1. The van der Waals surface area contributed by atoms with E-state index in [1.165, 1.54) is 0 Å². The first kappa shape index (κ1) is 10.0. The van der Waals surface area contributed by atoms with Gasteiger partial charge >= 0.3 is 0 Å². The average molecular weight is 162 g/mol. The van der Waals surface area contributed by atoms with Gasteiger partial charge in [-0.25, -0.2) is 0 Å². The van der Waals surface area contributed by atoms with Gasteiger partial charge in [0.1, 0.15) is 0 Å². The molecule has 0 radical (unpaired) electrons. The van der Waals surface area contributed by atoms with Crippen LogP contribution in [-0.4, -0.2) is 30.5 Å². The van der Waals surface area contributed by atoms with Crippen LogP contribution >= 0.6 is 11.8 Å². The second-order valence-corrected chi connectivity index (χ2v) is 2.80. The number of thioether (sulfide) groups is 1. The SMILES string of the molecule is CSCOCC(C)=CCO. The van der Waals surface area contributed by atoms with Gasteiger partial charge in [0, 0.05) is 0 Å². The third kappa shape index (κ3) is 6.13. The fraction of sp³-hybridized carbons (Fsp3) is 0.714. The van der Waals surface area contributed by atoms with Crippen LogP contribution in [0.1, 0.15) is 6.92 Å².